The lowest BCUT2D eigenvalue weighted by Crippen LogP contribution is -2.00. The molecule has 0 atom stereocenters. The van der Waals surface area contributed by atoms with Gasteiger partial charge >= 0.3 is 0 Å². The van der Waals surface area contributed by atoms with E-state index < -0.39 is 0 Å². The van der Waals surface area contributed by atoms with Gasteiger partial charge in [-0.25, -0.2) is 9.97 Å². The molecule has 0 aliphatic rings. The SMILES string of the molecule is CNc1nc2ccccc2n2c(-c3ccccc3O)cnc12. The third-order valence-electron chi connectivity index (χ3n) is 3.75. The highest BCUT2D eigenvalue weighted by Crippen LogP contribution is 2.32. The first-order valence-electron chi connectivity index (χ1n) is 7.02. The summed E-state index contributed by atoms with van der Waals surface area (Å²) >= 11 is 0. The molecule has 0 saturated heterocycles. The number of benzene rings is 2. The molecular formula is C17H14N4O. The van der Waals surface area contributed by atoms with Crippen LogP contribution in [0.5, 0.6) is 5.75 Å². The summed E-state index contributed by atoms with van der Waals surface area (Å²) in [6.45, 7) is 0. The molecule has 0 unspecified atom stereocenters. The number of imidazole rings is 1. The molecule has 2 aromatic carbocycles. The van der Waals surface area contributed by atoms with Crippen LogP contribution in [0.25, 0.3) is 27.9 Å². The van der Waals surface area contributed by atoms with Gasteiger partial charge in [0.2, 0.25) is 0 Å². The molecule has 2 aromatic heterocycles. The predicted octanol–water partition coefficient (Wildman–Crippen LogP) is 3.30. The van der Waals surface area contributed by atoms with Crippen molar-refractivity contribution in [2.75, 3.05) is 12.4 Å². The van der Waals surface area contributed by atoms with E-state index in [0.717, 1.165) is 27.9 Å². The Kier molecular flexibility index (Phi) is 2.72. The maximum atomic E-state index is 10.2. The van der Waals surface area contributed by atoms with E-state index in [0.29, 0.717) is 5.82 Å². The van der Waals surface area contributed by atoms with Crippen LogP contribution in [-0.2, 0) is 0 Å². The first-order valence-corrected chi connectivity index (χ1v) is 7.02. The number of hydrogen-bond acceptors (Lipinski definition) is 4. The molecule has 2 N–H and O–H groups in total. The van der Waals surface area contributed by atoms with Crippen molar-refractivity contribution in [2.45, 2.75) is 0 Å². The van der Waals surface area contributed by atoms with E-state index in [4.69, 9.17) is 0 Å². The molecule has 5 nitrogen and oxygen atoms in total. The average Bonchev–Trinajstić information content (AvgIpc) is 2.99. The number of nitrogens with one attached hydrogen (secondary N) is 1. The lowest BCUT2D eigenvalue weighted by atomic mass is 10.1. The van der Waals surface area contributed by atoms with Gasteiger partial charge in [-0.3, -0.25) is 4.40 Å². The normalized spacial score (nSPS) is 11.1. The van der Waals surface area contributed by atoms with Gasteiger partial charge in [-0.2, -0.15) is 0 Å². The number of rotatable bonds is 2. The number of aromatic hydroxyl groups is 1. The fraction of sp³-hybridized carbons (Fsp3) is 0.0588. The van der Waals surface area contributed by atoms with Crippen LogP contribution in [0.1, 0.15) is 0 Å². The number of nitrogens with zero attached hydrogens (tertiary/aromatic N) is 3. The largest absolute Gasteiger partial charge is 0.507 e. The summed E-state index contributed by atoms with van der Waals surface area (Å²) in [6.07, 6.45) is 1.76. The van der Waals surface area contributed by atoms with Gasteiger partial charge in [0, 0.05) is 12.6 Å². The van der Waals surface area contributed by atoms with Gasteiger partial charge in [0.05, 0.1) is 22.9 Å². The van der Waals surface area contributed by atoms with Crippen molar-refractivity contribution in [3.8, 4) is 17.0 Å². The quantitative estimate of drug-likeness (QED) is 0.594. The molecule has 0 saturated carbocycles. The Bertz CT molecular complexity index is 990. The zero-order valence-electron chi connectivity index (χ0n) is 12.0. The highest BCUT2D eigenvalue weighted by molar-refractivity contribution is 5.86. The zero-order chi connectivity index (χ0) is 15.1. The van der Waals surface area contributed by atoms with Crippen molar-refractivity contribution in [3.05, 3.63) is 54.7 Å². The first kappa shape index (κ1) is 12.6. The Balaban J connectivity index is 2.18. The van der Waals surface area contributed by atoms with Crippen molar-refractivity contribution in [3.63, 3.8) is 0 Å². The van der Waals surface area contributed by atoms with Crippen molar-refractivity contribution >= 4 is 22.5 Å². The smallest absolute Gasteiger partial charge is 0.181 e. The first-order chi connectivity index (χ1) is 10.8. The van der Waals surface area contributed by atoms with Crippen LogP contribution >= 0.6 is 0 Å². The third kappa shape index (κ3) is 1.72. The lowest BCUT2D eigenvalue weighted by Gasteiger charge is -2.10. The highest BCUT2D eigenvalue weighted by atomic mass is 16.3. The Labute approximate surface area is 126 Å². The van der Waals surface area contributed by atoms with Crippen molar-refractivity contribution in [2.24, 2.45) is 0 Å². The van der Waals surface area contributed by atoms with Crippen molar-refractivity contribution in [1.82, 2.24) is 14.4 Å². The summed E-state index contributed by atoms with van der Waals surface area (Å²) in [5.74, 6) is 0.941. The molecule has 22 heavy (non-hydrogen) atoms. The molecule has 0 radical (unpaired) electrons. The number of anilines is 1. The van der Waals surface area contributed by atoms with Crippen LogP contribution in [0.3, 0.4) is 0 Å². The predicted molar refractivity (Wildman–Crippen MR) is 87.1 cm³/mol. The van der Waals surface area contributed by atoms with E-state index in [1.165, 1.54) is 0 Å². The van der Waals surface area contributed by atoms with Crippen LogP contribution in [-0.4, -0.2) is 26.5 Å². The number of phenolic OH excluding ortho intramolecular Hbond substituents is 1. The minimum absolute atomic E-state index is 0.233. The second-order valence-corrected chi connectivity index (χ2v) is 5.02. The van der Waals surface area contributed by atoms with Gasteiger partial charge in [-0.15, -0.1) is 0 Å². The summed E-state index contributed by atoms with van der Waals surface area (Å²) in [4.78, 5) is 9.08. The molecule has 0 aliphatic heterocycles. The van der Waals surface area contributed by atoms with Crippen LogP contribution < -0.4 is 5.32 Å². The fourth-order valence-corrected chi connectivity index (χ4v) is 2.73. The van der Waals surface area contributed by atoms with E-state index in [1.807, 2.05) is 47.8 Å². The minimum Gasteiger partial charge on any atom is -0.507 e. The monoisotopic (exact) mass is 290 g/mol. The molecule has 0 bridgehead atoms. The molecule has 2 heterocycles. The van der Waals surface area contributed by atoms with E-state index in [2.05, 4.69) is 15.3 Å². The Morgan fingerprint density at radius 2 is 1.82 bits per heavy atom. The van der Waals surface area contributed by atoms with Gasteiger partial charge in [0.1, 0.15) is 5.75 Å². The Morgan fingerprint density at radius 3 is 2.64 bits per heavy atom. The lowest BCUT2D eigenvalue weighted by molar-refractivity contribution is 0.477. The number of fused-ring (bicyclic) bond motifs is 3. The standard InChI is InChI=1S/C17H14N4O/c1-18-16-17-19-10-14(11-6-2-5-9-15(11)22)21(17)13-8-4-3-7-12(13)20-16/h2-10,22H,1H3,(H,18,20). The average molecular weight is 290 g/mol. The molecule has 0 fully saturated rings. The minimum atomic E-state index is 0.233. The summed E-state index contributed by atoms with van der Waals surface area (Å²) < 4.78 is 2.02. The molecule has 0 aliphatic carbocycles. The molecular weight excluding hydrogens is 276 g/mol. The number of hydrogen-bond donors (Lipinski definition) is 2. The molecule has 0 spiro atoms. The van der Waals surface area contributed by atoms with Crippen molar-refractivity contribution in [1.29, 1.82) is 0 Å². The van der Waals surface area contributed by atoms with Gasteiger partial charge in [0.15, 0.2) is 11.5 Å². The fourth-order valence-electron chi connectivity index (χ4n) is 2.73. The van der Waals surface area contributed by atoms with Gasteiger partial charge in [-0.1, -0.05) is 24.3 Å². The second kappa shape index (κ2) is 4.73. The van der Waals surface area contributed by atoms with Crippen LogP contribution in [0.15, 0.2) is 54.7 Å². The molecule has 4 rings (SSSR count). The Morgan fingerprint density at radius 1 is 1.05 bits per heavy atom. The molecule has 0 amide bonds. The van der Waals surface area contributed by atoms with E-state index in [1.54, 1.807) is 18.3 Å². The molecule has 4 aromatic rings. The van der Waals surface area contributed by atoms with Crippen LogP contribution in [0.4, 0.5) is 5.82 Å². The third-order valence-corrected chi connectivity index (χ3v) is 3.75. The molecule has 108 valence electrons. The van der Waals surface area contributed by atoms with Crippen LogP contribution in [0.2, 0.25) is 0 Å². The summed E-state index contributed by atoms with van der Waals surface area (Å²) in [7, 11) is 1.82. The van der Waals surface area contributed by atoms with Gasteiger partial charge in [0.25, 0.3) is 0 Å². The topological polar surface area (TPSA) is 62.5 Å². The highest BCUT2D eigenvalue weighted by Gasteiger charge is 2.15. The summed E-state index contributed by atoms with van der Waals surface area (Å²) in [5.41, 5.74) is 4.14. The summed E-state index contributed by atoms with van der Waals surface area (Å²) in [6, 6.07) is 15.2. The van der Waals surface area contributed by atoms with E-state index in [9.17, 15) is 5.11 Å². The molecule has 5 heteroatoms. The van der Waals surface area contributed by atoms with Crippen LogP contribution in [0, 0.1) is 0 Å². The zero-order valence-corrected chi connectivity index (χ0v) is 12.0. The Hall–Kier alpha value is -3.08. The van der Waals surface area contributed by atoms with Gasteiger partial charge < -0.3 is 10.4 Å². The van der Waals surface area contributed by atoms with Crippen molar-refractivity contribution < 1.29 is 5.11 Å². The maximum absolute atomic E-state index is 10.2. The number of phenols is 1. The van der Waals surface area contributed by atoms with Gasteiger partial charge in [-0.05, 0) is 24.3 Å². The number of para-hydroxylation sites is 3. The van der Waals surface area contributed by atoms with E-state index >= 15 is 0 Å². The number of aromatic nitrogens is 3. The maximum Gasteiger partial charge on any atom is 0.181 e. The summed E-state index contributed by atoms with van der Waals surface area (Å²) in [5, 5.41) is 13.3. The second-order valence-electron chi connectivity index (χ2n) is 5.02. The van der Waals surface area contributed by atoms with E-state index in [-0.39, 0.29) is 5.75 Å².